The van der Waals surface area contributed by atoms with Crippen LogP contribution in [0.4, 0.5) is 5.69 Å². The number of hydrogen-bond donors (Lipinski definition) is 0. The molecule has 1 aliphatic heterocycles. The predicted molar refractivity (Wildman–Crippen MR) is 73.7 cm³/mol. The van der Waals surface area contributed by atoms with E-state index in [9.17, 15) is 9.59 Å². The van der Waals surface area contributed by atoms with Crippen LogP contribution in [0.15, 0.2) is 42.5 Å². The van der Waals surface area contributed by atoms with Gasteiger partial charge in [-0.05, 0) is 42.2 Å². The Balaban J connectivity index is 1.60. The van der Waals surface area contributed by atoms with E-state index in [1.807, 2.05) is 30.3 Å². The second-order valence-corrected chi connectivity index (χ2v) is 6.57. The van der Waals surface area contributed by atoms with Crippen LogP contribution in [0.1, 0.15) is 12.8 Å². The van der Waals surface area contributed by atoms with Crippen molar-refractivity contribution in [3.63, 3.8) is 0 Å². The topological polar surface area (TPSA) is 37.4 Å². The zero-order valence-electron chi connectivity index (χ0n) is 11.0. The van der Waals surface area contributed by atoms with Gasteiger partial charge in [0.1, 0.15) is 0 Å². The molecule has 1 aromatic carbocycles. The van der Waals surface area contributed by atoms with Crippen molar-refractivity contribution in [1.29, 1.82) is 0 Å². The second kappa shape index (κ2) is 3.22. The third-order valence-electron chi connectivity index (χ3n) is 5.87. The first-order valence-electron chi connectivity index (χ1n) is 7.35. The van der Waals surface area contributed by atoms with Gasteiger partial charge in [-0.25, -0.2) is 0 Å². The molecule has 3 nitrogen and oxygen atoms in total. The number of carbonyl (C=O) groups excluding carboxylic acids is 2. The van der Waals surface area contributed by atoms with E-state index in [-0.39, 0.29) is 29.1 Å². The maximum absolute atomic E-state index is 12.8. The molecule has 1 saturated heterocycles. The van der Waals surface area contributed by atoms with E-state index in [1.165, 1.54) is 17.7 Å². The van der Waals surface area contributed by atoms with Crippen LogP contribution in [-0.4, -0.2) is 11.8 Å². The molecule has 3 heteroatoms. The molecule has 1 heterocycles. The summed E-state index contributed by atoms with van der Waals surface area (Å²) in [5.74, 6) is 0.467. The minimum Gasteiger partial charge on any atom is -0.274 e. The van der Waals surface area contributed by atoms with Gasteiger partial charge in [0, 0.05) is 0 Å². The molecule has 1 aromatic rings. The molecule has 2 bridgehead atoms. The standard InChI is InChI=1S/C17H15NO2/c19-15-13-11-6-7-12(17(11)8-9-17)14(13)16(20)18(15)10-4-2-1-3-5-10/h1-7,11-14H,8-9H2/t11-,12+,13-,14+. The van der Waals surface area contributed by atoms with Crippen molar-refractivity contribution >= 4 is 17.5 Å². The zero-order valence-corrected chi connectivity index (χ0v) is 11.0. The summed E-state index contributed by atoms with van der Waals surface area (Å²) in [5, 5.41) is 0. The first kappa shape index (κ1) is 10.8. The van der Waals surface area contributed by atoms with Gasteiger partial charge in [0.25, 0.3) is 0 Å². The van der Waals surface area contributed by atoms with Crippen molar-refractivity contribution in [1.82, 2.24) is 0 Å². The molecule has 100 valence electrons. The number of nitrogens with zero attached hydrogens (tertiary/aromatic N) is 1. The Kier molecular flexibility index (Phi) is 1.74. The minimum absolute atomic E-state index is 0.0225. The number of para-hydroxylation sites is 1. The van der Waals surface area contributed by atoms with Crippen molar-refractivity contribution in [2.75, 3.05) is 4.90 Å². The largest absolute Gasteiger partial charge is 0.274 e. The van der Waals surface area contributed by atoms with Gasteiger partial charge in [0.05, 0.1) is 17.5 Å². The first-order chi connectivity index (χ1) is 9.74. The number of fused-ring (bicyclic) bond motifs is 3. The van der Waals surface area contributed by atoms with Crippen LogP contribution in [0, 0.1) is 29.1 Å². The Hall–Kier alpha value is -1.90. The fourth-order valence-electron chi connectivity index (χ4n) is 4.91. The van der Waals surface area contributed by atoms with Crippen LogP contribution in [0.25, 0.3) is 0 Å². The summed E-state index contributed by atoms with van der Waals surface area (Å²) in [6, 6.07) is 9.34. The highest BCUT2D eigenvalue weighted by Crippen LogP contribution is 2.73. The number of anilines is 1. The molecule has 2 saturated carbocycles. The molecule has 1 spiro atoms. The number of benzene rings is 1. The number of allylic oxidation sites excluding steroid dienone is 2. The summed E-state index contributed by atoms with van der Waals surface area (Å²) < 4.78 is 0. The van der Waals surface area contributed by atoms with Crippen LogP contribution in [-0.2, 0) is 9.59 Å². The van der Waals surface area contributed by atoms with Gasteiger partial charge in [-0.1, -0.05) is 30.4 Å². The summed E-state index contributed by atoms with van der Waals surface area (Å²) in [4.78, 5) is 27.0. The quantitative estimate of drug-likeness (QED) is 0.577. The molecule has 0 radical (unpaired) electrons. The average molecular weight is 265 g/mol. The van der Waals surface area contributed by atoms with Gasteiger partial charge in [-0.2, -0.15) is 0 Å². The monoisotopic (exact) mass is 265 g/mol. The van der Waals surface area contributed by atoms with E-state index in [0.717, 1.165) is 5.69 Å². The molecule has 5 rings (SSSR count). The van der Waals surface area contributed by atoms with Crippen molar-refractivity contribution < 1.29 is 9.59 Å². The molecule has 0 aromatic heterocycles. The number of amides is 2. The highest BCUT2D eigenvalue weighted by atomic mass is 16.2. The average Bonchev–Trinajstić information content (AvgIpc) is 3.06. The van der Waals surface area contributed by atoms with E-state index in [2.05, 4.69) is 12.2 Å². The van der Waals surface area contributed by atoms with Gasteiger partial charge in [-0.3, -0.25) is 14.5 Å². The van der Waals surface area contributed by atoms with Gasteiger partial charge in [0.2, 0.25) is 11.8 Å². The smallest absolute Gasteiger partial charge is 0.238 e. The fraction of sp³-hybridized carbons (Fsp3) is 0.412. The van der Waals surface area contributed by atoms with E-state index in [0.29, 0.717) is 11.8 Å². The lowest BCUT2D eigenvalue weighted by Gasteiger charge is -2.21. The van der Waals surface area contributed by atoms with Crippen molar-refractivity contribution in [3.8, 4) is 0 Å². The van der Waals surface area contributed by atoms with Crippen LogP contribution in [0.2, 0.25) is 0 Å². The van der Waals surface area contributed by atoms with Gasteiger partial charge >= 0.3 is 0 Å². The van der Waals surface area contributed by atoms with E-state index < -0.39 is 0 Å². The van der Waals surface area contributed by atoms with Gasteiger partial charge in [-0.15, -0.1) is 0 Å². The van der Waals surface area contributed by atoms with Crippen LogP contribution in [0.5, 0.6) is 0 Å². The minimum atomic E-state index is -0.0970. The summed E-state index contributed by atoms with van der Waals surface area (Å²) >= 11 is 0. The number of imide groups is 1. The Morgan fingerprint density at radius 2 is 1.45 bits per heavy atom. The Morgan fingerprint density at radius 1 is 0.900 bits per heavy atom. The highest BCUT2D eigenvalue weighted by Gasteiger charge is 2.73. The zero-order chi connectivity index (χ0) is 13.5. The Bertz CT molecular complexity index is 625. The summed E-state index contributed by atoms with van der Waals surface area (Å²) in [6.45, 7) is 0. The predicted octanol–water partition coefficient (Wildman–Crippen LogP) is 2.39. The lowest BCUT2D eigenvalue weighted by atomic mass is 9.85. The number of carbonyl (C=O) groups is 2. The normalized spacial score (nSPS) is 38.9. The van der Waals surface area contributed by atoms with Crippen molar-refractivity contribution in [3.05, 3.63) is 42.5 Å². The second-order valence-electron chi connectivity index (χ2n) is 6.57. The molecule has 4 atom stereocenters. The molecule has 2 amide bonds. The number of rotatable bonds is 1. The third kappa shape index (κ3) is 1.02. The maximum atomic E-state index is 12.8. The van der Waals surface area contributed by atoms with Crippen LogP contribution < -0.4 is 4.90 Å². The first-order valence-corrected chi connectivity index (χ1v) is 7.35. The molecule has 20 heavy (non-hydrogen) atoms. The Labute approximate surface area is 117 Å². The number of hydrogen-bond acceptors (Lipinski definition) is 2. The SMILES string of the molecule is O=C1[C@@H]2[C@H](C(=O)N1c1ccccc1)[C@H]1C=C[C@@H]2C12CC2. The van der Waals surface area contributed by atoms with E-state index in [4.69, 9.17) is 0 Å². The summed E-state index contributed by atoms with van der Waals surface area (Å²) in [5.41, 5.74) is 1.00. The molecule has 3 fully saturated rings. The lowest BCUT2D eigenvalue weighted by molar-refractivity contribution is -0.123. The molecule has 0 N–H and O–H groups in total. The van der Waals surface area contributed by atoms with Crippen molar-refractivity contribution in [2.24, 2.45) is 29.1 Å². The van der Waals surface area contributed by atoms with E-state index in [1.54, 1.807) is 0 Å². The maximum Gasteiger partial charge on any atom is 0.238 e. The Morgan fingerprint density at radius 3 is 1.95 bits per heavy atom. The van der Waals surface area contributed by atoms with Crippen molar-refractivity contribution in [2.45, 2.75) is 12.8 Å². The van der Waals surface area contributed by atoms with Crippen LogP contribution >= 0.6 is 0 Å². The molecule has 4 aliphatic rings. The molecular formula is C17H15NO2. The summed E-state index contributed by atoms with van der Waals surface area (Å²) in [7, 11) is 0. The van der Waals surface area contributed by atoms with Gasteiger partial charge in [0.15, 0.2) is 0 Å². The van der Waals surface area contributed by atoms with Gasteiger partial charge < -0.3 is 0 Å². The molecular weight excluding hydrogens is 250 g/mol. The third-order valence-corrected chi connectivity index (χ3v) is 5.87. The summed E-state index contributed by atoms with van der Waals surface area (Å²) in [6.07, 6.45) is 6.79. The lowest BCUT2D eigenvalue weighted by Crippen LogP contribution is -2.34. The highest BCUT2D eigenvalue weighted by molar-refractivity contribution is 6.23. The molecule has 3 aliphatic carbocycles. The van der Waals surface area contributed by atoms with Crippen LogP contribution in [0.3, 0.4) is 0 Å². The fourth-order valence-corrected chi connectivity index (χ4v) is 4.91. The van der Waals surface area contributed by atoms with E-state index >= 15 is 0 Å². The molecule has 0 unspecified atom stereocenters.